The fourth-order valence-electron chi connectivity index (χ4n) is 4.65. The topological polar surface area (TPSA) is 101 Å². The molecule has 5 rings (SSSR count). The summed E-state index contributed by atoms with van der Waals surface area (Å²) in [6, 6.07) is 11.7. The van der Waals surface area contributed by atoms with Gasteiger partial charge in [-0.25, -0.2) is 18.7 Å². The van der Waals surface area contributed by atoms with Crippen LogP contribution in [-0.2, 0) is 23.7 Å². The summed E-state index contributed by atoms with van der Waals surface area (Å²) < 4.78 is 59.6. The van der Waals surface area contributed by atoms with Crippen LogP contribution in [0.2, 0.25) is 10.3 Å². The molecule has 9 nitrogen and oxygen atoms in total. The summed E-state index contributed by atoms with van der Waals surface area (Å²) in [6.07, 6.45) is 1.97. The third-order valence-corrected chi connectivity index (χ3v) is 7.55. The highest BCUT2D eigenvalue weighted by Gasteiger charge is 2.35. The SMILES string of the molecule is CC(=S)OC(C[C@H]1COC(C)(C)O1)c1cnc(Cl)c(F)c1.CC1(C)OC[C@H](CC(O)c2cnc(Cl)c(F)c2)O1.S=C(Cl)Oc1ccccc1. The van der Waals surface area contributed by atoms with Crippen molar-refractivity contribution < 1.29 is 42.3 Å². The van der Waals surface area contributed by atoms with Gasteiger partial charge in [0.2, 0.25) is 0 Å². The van der Waals surface area contributed by atoms with Gasteiger partial charge in [0.15, 0.2) is 38.6 Å². The van der Waals surface area contributed by atoms with E-state index in [2.05, 4.69) is 22.2 Å². The van der Waals surface area contributed by atoms with Crippen molar-refractivity contribution in [2.24, 2.45) is 0 Å². The van der Waals surface area contributed by atoms with Crippen molar-refractivity contribution >= 4 is 68.8 Å². The molecule has 4 atom stereocenters. The standard InChI is InChI=1S/C14H17ClFNO3S.C12H15ClFNO3.C7H5ClOS/c1-8(21)19-12(5-10-7-18-14(2,3)20-10)9-4-11(16)13(15)17-6-9;1-12(2)17-6-8(18-12)4-10(16)7-3-9(14)11(13)15-5-7;8-7(10)9-6-4-2-1-3-5-6/h4,6,10,12H,5,7H2,1-3H3;3,5,8,10,16H,4,6H2,1-2H3;1-5H/t10-,12?;8-,10?;/m00./s1. The second kappa shape index (κ2) is 18.9. The molecule has 2 aliphatic heterocycles. The molecular weight excluding hydrogens is 745 g/mol. The Morgan fingerprint density at radius 1 is 0.898 bits per heavy atom. The van der Waals surface area contributed by atoms with E-state index in [1.807, 2.05) is 45.9 Å². The second-order valence-electron chi connectivity index (χ2n) is 11.7. The molecule has 0 radical (unpaired) electrons. The number of halogens is 5. The van der Waals surface area contributed by atoms with Crippen LogP contribution in [0.5, 0.6) is 5.75 Å². The maximum absolute atomic E-state index is 13.6. The van der Waals surface area contributed by atoms with Gasteiger partial charge in [-0.1, -0.05) is 41.4 Å². The zero-order chi connectivity index (χ0) is 36.4. The van der Waals surface area contributed by atoms with Crippen LogP contribution in [0.3, 0.4) is 0 Å². The van der Waals surface area contributed by atoms with Crippen LogP contribution < -0.4 is 4.74 Å². The van der Waals surface area contributed by atoms with Crippen LogP contribution in [0.4, 0.5) is 8.78 Å². The number of benzene rings is 1. The average Bonchev–Trinajstić information content (AvgIpc) is 3.54. The van der Waals surface area contributed by atoms with Gasteiger partial charge in [0.25, 0.3) is 4.51 Å². The molecule has 2 unspecified atom stereocenters. The van der Waals surface area contributed by atoms with Crippen LogP contribution in [0.25, 0.3) is 0 Å². The molecular formula is C33H37Cl3F2N2O7S2. The number of hydrogen-bond acceptors (Lipinski definition) is 11. The van der Waals surface area contributed by atoms with Crippen LogP contribution in [0, 0.1) is 11.6 Å². The minimum absolute atomic E-state index is 0.0196. The monoisotopic (exact) mass is 780 g/mol. The molecule has 49 heavy (non-hydrogen) atoms. The fraction of sp³-hybridized carbons (Fsp3) is 0.455. The molecule has 0 bridgehead atoms. The predicted octanol–water partition coefficient (Wildman–Crippen LogP) is 8.86. The first-order chi connectivity index (χ1) is 22.9. The van der Waals surface area contributed by atoms with E-state index in [-0.39, 0.29) is 27.0 Å². The Labute approximate surface area is 310 Å². The Morgan fingerprint density at radius 2 is 1.39 bits per heavy atom. The molecule has 0 aliphatic carbocycles. The number of aromatic nitrogens is 2. The molecule has 1 aromatic carbocycles. The summed E-state index contributed by atoms with van der Waals surface area (Å²) in [5, 5.41) is 9.98. The van der Waals surface area contributed by atoms with E-state index in [1.54, 1.807) is 19.1 Å². The van der Waals surface area contributed by atoms with Crippen LogP contribution in [0.15, 0.2) is 54.9 Å². The first kappa shape index (κ1) is 41.3. The number of aliphatic hydroxyl groups is 1. The van der Waals surface area contributed by atoms with E-state index in [0.717, 1.165) is 0 Å². The lowest BCUT2D eigenvalue weighted by molar-refractivity contribution is -0.142. The van der Waals surface area contributed by atoms with Crippen LogP contribution >= 0.6 is 59.2 Å². The Balaban J connectivity index is 0.000000211. The van der Waals surface area contributed by atoms with Crippen LogP contribution in [-0.4, -0.2) is 61.6 Å². The van der Waals surface area contributed by atoms with E-state index in [4.69, 9.17) is 75.4 Å². The predicted molar refractivity (Wildman–Crippen MR) is 190 cm³/mol. The number of nitrogens with zero attached hydrogens (tertiary/aromatic N) is 2. The first-order valence-electron chi connectivity index (χ1n) is 15.0. The number of hydrogen-bond donors (Lipinski definition) is 1. The summed E-state index contributed by atoms with van der Waals surface area (Å²) in [7, 11) is 0. The van der Waals surface area contributed by atoms with Crippen molar-refractivity contribution in [3.8, 4) is 5.75 Å². The van der Waals surface area contributed by atoms with Crippen molar-refractivity contribution in [3.63, 3.8) is 0 Å². The first-order valence-corrected chi connectivity index (χ1v) is 16.9. The van der Waals surface area contributed by atoms with Gasteiger partial charge in [-0.15, -0.1) is 0 Å². The minimum Gasteiger partial charge on any atom is -0.479 e. The molecule has 0 amide bonds. The molecule has 2 aliphatic rings. The maximum Gasteiger partial charge on any atom is 0.260 e. The smallest absolute Gasteiger partial charge is 0.260 e. The summed E-state index contributed by atoms with van der Waals surface area (Å²) in [6.45, 7) is 9.83. The van der Waals surface area contributed by atoms with Crippen molar-refractivity contribution in [2.45, 2.75) is 83.5 Å². The molecule has 0 spiro atoms. The van der Waals surface area contributed by atoms with Gasteiger partial charge in [-0.2, -0.15) is 0 Å². The Bertz CT molecular complexity index is 1560. The van der Waals surface area contributed by atoms with E-state index in [1.165, 1.54) is 24.5 Å². The summed E-state index contributed by atoms with van der Waals surface area (Å²) in [5.74, 6) is -1.81. The highest BCUT2D eigenvalue weighted by atomic mass is 35.5. The third kappa shape index (κ3) is 14.5. The number of rotatable bonds is 8. The van der Waals surface area contributed by atoms with E-state index in [9.17, 15) is 13.9 Å². The molecule has 1 N–H and O–H groups in total. The molecule has 3 aromatic rings. The number of ether oxygens (including phenoxy) is 6. The van der Waals surface area contributed by atoms with Crippen LogP contribution in [0.1, 0.15) is 70.8 Å². The van der Waals surface area contributed by atoms with E-state index in [0.29, 0.717) is 48.0 Å². The molecule has 16 heteroatoms. The van der Waals surface area contributed by atoms with Gasteiger partial charge in [0.1, 0.15) is 11.9 Å². The lowest BCUT2D eigenvalue weighted by atomic mass is 10.1. The lowest BCUT2D eigenvalue weighted by Gasteiger charge is -2.22. The largest absolute Gasteiger partial charge is 0.479 e. The maximum atomic E-state index is 13.6. The van der Waals surface area contributed by atoms with Crippen molar-refractivity contribution in [3.05, 3.63) is 87.9 Å². The van der Waals surface area contributed by atoms with Crippen molar-refractivity contribution in [2.75, 3.05) is 13.2 Å². The minimum atomic E-state index is -0.855. The quantitative estimate of drug-likeness (QED) is 0.135. The molecule has 4 heterocycles. The second-order valence-corrected chi connectivity index (χ2v) is 14.0. The molecule has 268 valence electrons. The number of thiocarbonyl (C=S) groups is 2. The Hall–Kier alpha value is -2.17. The normalized spacial score (nSPS) is 20.1. The van der Waals surface area contributed by atoms with E-state index >= 15 is 0 Å². The van der Waals surface area contributed by atoms with Crippen molar-refractivity contribution in [1.29, 1.82) is 0 Å². The zero-order valence-corrected chi connectivity index (χ0v) is 31.2. The van der Waals surface area contributed by atoms with Crippen molar-refractivity contribution in [1.82, 2.24) is 9.97 Å². The number of aliphatic hydroxyl groups excluding tert-OH is 1. The Kier molecular flexibility index (Phi) is 15.9. The zero-order valence-electron chi connectivity index (χ0n) is 27.3. The molecule has 2 aromatic heterocycles. The average molecular weight is 782 g/mol. The lowest BCUT2D eigenvalue weighted by Crippen LogP contribution is -2.23. The van der Waals surface area contributed by atoms with Gasteiger partial charge in [-0.3, -0.25) is 0 Å². The third-order valence-electron chi connectivity index (χ3n) is 6.74. The highest BCUT2D eigenvalue weighted by molar-refractivity contribution is 7.82. The van der Waals surface area contributed by atoms with Gasteiger partial charge in [0, 0.05) is 43.3 Å². The van der Waals surface area contributed by atoms with E-state index < -0.39 is 35.4 Å². The van der Waals surface area contributed by atoms with Gasteiger partial charge in [0.05, 0.1) is 31.5 Å². The number of pyridine rings is 2. The summed E-state index contributed by atoms with van der Waals surface area (Å²) in [5.41, 5.74) is 0.944. The van der Waals surface area contributed by atoms with Gasteiger partial charge in [-0.05, 0) is 88.0 Å². The summed E-state index contributed by atoms with van der Waals surface area (Å²) in [4.78, 5) is 7.47. The highest BCUT2D eigenvalue weighted by Crippen LogP contribution is 2.32. The Morgan fingerprint density at radius 3 is 1.84 bits per heavy atom. The number of para-hydroxylation sites is 1. The molecule has 2 fully saturated rings. The molecule has 0 saturated carbocycles. The van der Waals surface area contributed by atoms with Gasteiger partial charge >= 0.3 is 0 Å². The molecule has 2 saturated heterocycles. The summed E-state index contributed by atoms with van der Waals surface area (Å²) >= 11 is 25.9. The van der Waals surface area contributed by atoms with Gasteiger partial charge < -0.3 is 33.5 Å². The fourth-order valence-corrected chi connectivity index (χ4v) is 5.15.